The SMILES string of the molecule is CCCN(C)c1nc(N)c(C(=O)NCC(=O)NC2CC2)s1. The number of hydrogen-bond donors (Lipinski definition) is 3. The minimum atomic E-state index is -0.355. The highest BCUT2D eigenvalue weighted by molar-refractivity contribution is 7.18. The van der Waals surface area contributed by atoms with Gasteiger partial charge in [-0.25, -0.2) is 4.98 Å². The summed E-state index contributed by atoms with van der Waals surface area (Å²) in [6.45, 7) is 2.88. The molecule has 0 bridgehead atoms. The summed E-state index contributed by atoms with van der Waals surface area (Å²) < 4.78 is 0. The molecule has 8 heteroatoms. The lowest BCUT2D eigenvalue weighted by atomic mass is 10.4. The Hall–Kier alpha value is -1.83. The van der Waals surface area contributed by atoms with Crippen LogP contribution in [0.15, 0.2) is 0 Å². The molecule has 1 aliphatic rings. The van der Waals surface area contributed by atoms with E-state index in [1.807, 2.05) is 11.9 Å². The Morgan fingerprint density at radius 1 is 1.48 bits per heavy atom. The number of carbonyl (C=O) groups excluding carboxylic acids is 2. The van der Waals surface area contributed by atoms with E-state index in [0.717, 1.165) is 25.8 Å². The molecule has 7 nitrogen and oxygen atoms in total. The average Bonchev–Trinajstić information content (AvgIpc) is 3.16. The van der Waals surface area contributed by atoms with E-state index < -0.39 is 0 Å². The van der Waals surface area contributed by atoms with Crippen molar-refractivity contribution < 1.29 is 9.59 Å². The number of rotatable bonds is 7. The van der Waals surface area contributed by atoms with Crippen LogP contribution in [0.1, 0.15) is 35.9 Å². The normalized spacial score (nSPS) is 13.8. The predicted molar refractivity (Wildman–Crippen MR) is 83.6 cm³/mol. The molecule has 21 heavy (non-hydrogen) atoms. The van der Waals surface area contributed by atoms with Gasteiger partial charge >= 0.3 is 0 Å². The van der Waals surface area contributed by atoms with Gasteiger partial charge in [-0.3, -0.25) is 9.59 Å². The first-order valence-corrected chi connectivity index (χ1v) is 7.88. The first kappa shape index (κ1) is 15.6. The Morgan fingerprint density at radius 2 is 2.19 bits per heavy atom. The monoisotopic (exact) mass is 311 g/mol. The van der Waals surface area contributed by atoms with Gasteiger partial charge in [-0.2, -0.15) is 0 Å². The fourth-order valence-electron chi connectivity index (χ4n) is 1.82. The quantitative estimate of drug-likeness (QED) is 0.684. The number of nitrogen functional groups attached to an aromatic ring is 1. The maximum absolute atomic E-state index is 12.0. The lowest BCUT2D eigenvalue weighted by Crippen LogP contribution is -2.37. The van der Waals surface area contributed by atoms with Crippen LogP contribution in [0.3, 0.4) is 0 Å². The lowest BCUT2D eigenvalue weighted by molar-refractivity contribution is -0.120. The van der Waals surface area contributed by atoms with Gasteiger partial charge in [-0.05, 0) is 19.3 Å². The van der Waals surface area contributed by atoms with Crippen LogP contribution < -0.4 is 21.3 Å². The van der Waals surface area contributed by atoms with Crippen LogP contribution in [0.5, 0.6) is 0 Å². The topological polar surface area (TPSA) is 100 Å². The molecule has 116 valence electrons. The number of thiazole rings is 1. The summed E-state index contributed by atoms with van der Waals surface area (Å²) in [6, 6.07) is 0.289. The van der Waals surface area contributed by atoms with Crippen molar-refractivity contribution in [2.24, 2.45) is 0 Å². The summed E-state index contributed by atoms with van der Waals surface area (Å²) in [7, 11) is 1.91. The summed E-state index contributed by atoms with van der Waals surface area (Å²) in [5.74, 6) is -0.317. The number of anilines is 2. The van der Waals surface area contributed by atoms with E-state index in [-0.39, 0.29) is 30.2 Å². The first-order chi connectivity index (χ1) is 10.0. The van der Waals surface area contributed by atoms with Crippen molar-refractivity contribution in [2.45, 2.75) is 32.2 Å². The zero-order valence-electron chi connectivity index (χ0n) is 12.3. The molecular formula is C13H21N5O2S. The Balaban J connectivity index is 1.90. The smallest absolute Gasteiger partial charge is 0.265 e. The Labute approximate surface area is 127 Å². The summed E-state index contributed by atoms with van der Waals surface area (Å²) in [6.07, 6.45) is 3.03. The number of amides is 2. The maximum Gasteiger partial charge on any atom is 0.265 e. The molecule has 2 rings (SSSR count). The Bertz CT molecular complexity index is 527. The van der Waals surface area contributed by atoms with Crippen molar-refractivity contribution in [3.05, 3.63) is 4.88 Å². The van der Waals surface area contributed by atoms with E-state index in [2.05, 4.69) is 22.5 Å². The van der Waals surface area contributed by atoms with Gasteiger partial charge in [-0.15, -0.1) is 0 Å². The average molecular weight is 311 g/mol. The van der Waals surface area contributed by atoms with Gasteiger partial charge in [0.05, 0.1) is 6.54 Å². The van der Waals surface area contributed by atoms with Gasteiger partial charge in [0.1, 0.15) is 10.7 Å². The molecule has 1 saturated carbocycles. The molecule has 0 radical (unpaired) electrons. The number of nitrogens with one attached hydrogen (secondary N) is 2. The predicted octanol–water partition coefficient (Wildman–Crippen LogP) is 0.580. The van der Waals surface area contributed by atoms with Crippen LogP contribution in [-0.4, -0.2) is 43.0 Å². The Kier molecular flexibility index (Phi) is 5.00. The van der Waals surface area contributed by atoms with E-state index >= 15 is 0 Å². The number of hydrogen-bond acceptors (Lipinski definition) is 6. The van der Waals surface area contributed by atoms with E-state index in [4.69, 9.17) is 5.73 Å². The first-order valence-electron chi connectivity index (χ1n) is 7.06. The van der Waals surface area contributed by atoms with Crippen LogP contribution in [0.25, 0.3) is 0 Å². The third-order valence-corrected chi connectivity index (χ3v) is 4.27. The molecule has 0 atom stereocenters. The molecule has 0 saturated heterocycles. The van der Waals surface area contributed by atoms with E-state index in [1.54, 1.807) is 0 Å². The van der Waals surface area contributed by atoms with Gasteiger partial charge in [0.15, 0.2) is 5.13 Å². The zero-order valence-corrected chi connectivity index (χ0v) is 13.1. The molecule has 4 N–H and O–H groups in total. The molecule has 0 aromatic carbocycles. The van der Waals surface area contributed by atoms with Crippen molar-refractivity contribution in [1.29, 1.82) is 0 Å². The number of nitrogens with two attached hydrogens (primary N) is 1. The van der Waals surface area contributed by atoms with Gasteiger partial charge in [0.2, 0.25) is 5.91 Å². The second kappa shape index (κ2) is 6.75. The third-order valence-electron chi connectivity index (χ3n) is 3.09. The zero-order chi connectivity index (χ0) is 15.4. The molecule has 2 amide bonds. The van der Waals surface area contributed by atoms with Gasteiger partial charge in [0.25, 0.3) is 5.91 Å². The lowest BCUT2D eigenvalue weighted by Gasteiger charge is -2.13. The summed E-state index contributed by atoms with van der Waals surface area (Å²) in [5, 5.41) is 6.10. The number of carbonyl (C=O) groups is 2. The van der Waals surface area contributed by atoms with Crippen molar-refractivity contribution in [3.63, 3.8) is 0 Å². The van der Waals surface area contributed by atoms with Gasteiger partial charge in [0, 0.05) is 19.6 Å². The minimum Gasteiger partial charge on any atom is -0.382 e. The molecular weight excluding hydrogens is 290 g/mol. The van der Waals surface area contributed by atoms with Crippen LogP contribution in [-0.2, 0) is 4.79 Å². The molecule has 1 fully saturated rings. The molecule has 0 unspecified atom stereocenters. The highest BCUT2D eigenvalue weighted by Crippen LogP contribution is 2.27. The van der Waals surface area contributed by atoms with Crippen molar-refractivity contribution >= 4 is 34.1 Å². The molecule has 1 aromatic rings. The second-order valence-corrected chi connectivity index (χ2v) is 6.13. The van der Waals surface area contributed by atoms with Gasteiger partial charge in [-0.1, -0.05) is 18.3 Å². The summed E-state index contributed by atoms with van der Waals surface area (Å²) in [5.41, 5.74) is 5.78. The largest absolute Gasteiger partial charge is 0.382 e. The number of nitrogens with zero attached hydrogens (tertiary/aromatic N) is 2. The minimum absolute atomic E-state index is 0.0349. The van der Waals surface area contributed by atoms with Crippen molar-refractivity contribution in [3.8, 4) is 0 Å². The van der Waals surface area contributed by atoms with Crippen molar-refractivity contribution in [2.75, 3.05) is 30.8 Å². The van der Waals surface area contributed by atoms with E-state index in [0.29, 0.717) is 10.0 Å². The highest BCUT2D eigenvalue weighted by atomic mass is 32.1. The van der Waals surface area contributed by atoms with Crippen LogP contribution in [0, 0.1) is 0 Å². The van der Waals surface area contributed by atoms with Crippen molar-refractivity contribution in [1.82, 2.24) is 15.6 Å². The van der Waals surface area contributed by atoms with Crippen LogP contribution in [0.4, 0.5) is 10.9 Å². The molecule has 0 spiro atoms. The second-order valence-electron chi connectivity index (χ2n) is 5.16. The molecule has 1 heterocycles. The van der Waals surface area contributed by atoms with E-state index in [9.17, 15) is 9.59 Å². The fourth-order valence-corrected chi connectivity index (χ4v) is 2.71. The fraction of sp³-hybridized carbons (Fsp3) is 0.615. The van der Waals surface area contributed by atoms with Crippen LogP contribution in [0.2, 0.25) is 0 Å². The standard InChI is InChI=1S/C13H21N5O2S/c1-3-6-18(2)13-17-11(14)10(21-13)12(20)15-7-9(19)16-8-4-5-8/h8H,3-7,14H2,1-2H3,(H,15,20)(H,16,19). The number of aromatic nitrogens is 1. The third kappa shape index (κ3) is 4.32. The maximum atomic E-state index is 12.0. The van der Waals surface area contributed by atoms with E-state index in [1.165, 1.54) is 11.3 Å². The highest BCUT2D eigenvalue weighted by Gasteiger charge is 2.24. The van der Waals surface area contributed by atoms with Gasteiger partial charge < -0.3 is 21.3 Å². The Morgan fingerprint density at radius 3 is 2.81 bits per heavy atom. The summed E-state index contributed by atoms with van der Waals surface area (Å²) in [4.78, 5) is 30.1. The molecule has 1 aliphatic carbocycles. The summed E-state index contributed by atoms with van der Waals surface area (Å²) >= 11 is 1.24. The molecule has 1 aromatic heterocycles. The van der Waals surface area contributed by atoms with Crippen LogP contribution >= 0.6 is 11.3 Å². The molecule has 0 aliphatic heterocycles.